The zero-order valence-electron chi connectivity index (χ0n) is 10.0. The van der Waals surface area contributed by atoms with E-state index in [2.05, 4.69) is 10.0 Å². The normalized spacial score (nSPS) is 13.3. The average molecular weight is 286 g/mol. The molecule has 0 saturated heterocycles. The minimum absolute atomic E-state index is 0.132. The van der Waals surface area contributed by atoms with Crippen molar-refractivity contribution in [2.24, 2.45) is 5.11 Å². The van der Waals surface area contributed by atoms with Crippen LogP contribution in [0.2, 0.25) is 0 Å². The molecule has 0 heterocycles. The molecule has 0 fully saturated rings. The molecule has 9 nitrogen and oxygen atoms in total. The zero-order valence-corrected chi connectivity index (χ0v) is 10.0. The number of nitro benzene ring substituents is 1. The second-order valence-electron chi connectivity index (χ2n) is 3.88. The van der Waals surface area contributed by atoms with Crippen LogP contribution in [0.4, 0.5) is 10.1 Å². The van der Waals surface area contributed by atoms with Crippen molar-refractivity contribution in [1.82, 2.24) is 0 Å². The van der Waals surface area contributed by atoms with E-state index in [0.29, 0.717) is 12.1 Å². The highest BCUT2D eigenvalue weighted by molar-refractivity contribution is 5.52. The van der Waals surface area contributed by atoms with Crippen molar-refractivity contribution in [3.8, 4) is 5.75 Å². The molecule has 0 bridgehead atoms. The van der Waals surface area contributed by atoms with E-state index in [1.807, 2.05) is 0 Å². The maximum Gasteiger partial charge on any atom is 0.314 e. The van der Waals surface area contributed by atoms with Gasteiger partial charge in [-0.3, -0.25) is 10.1 Å². The number of aliphatic hydroxyl groups is 2. The van der Waals surface area contributed by atoms with E-state index in [4.69, 9.17) is 5.53 Å². The van der Waals surface area contributed by atoms with Crippen molar-refractivity contribution >= 4 is 5.69 Å². The van der Waals surface area contributed by atoms with Crippen LogP contribution in [0.5, 0.6) is 5.75 Å². The number of hydrogen-bond acceptors (Lipinski definition) is 6. The summed E-state index contributed by atoms with van der Waals surface area (Å²) in [6.07, 6.45) is -3.39. The standard InChI is InChI=1S/C10H11FN4O5/c11-5-3-6(9(17)7(4-5)15(19)20)10(18)8(16)1-2-13-14-12/h3-4,8,10,16-18H,1-2H2. The van der Waals surface area contributed by atoms with E-state index in [9.17, 15) is 29.8 Å². The molecule has 10 heteroatoms. The van der Waals surface area contributed by atoms with Gasteiger partial charge in [-0.05, 0) is 18.0 Å². The summed E-state index contributed by atoms with van der Waals surface area (Å²) >= 11 is 0. The lowest BCUT2D eigenvalue weighted by atomic mass is 10.00. The molecule has 0 aromatic heterocycles. The number of aromatic hydroxyl groups is 1. The number of phenols is 1. The summed E-state index contributed by atoms with van der Waals surface area (Å²) in [7, 11) is 0. The Balaban J connectivity index is 3.05. The molecule has 2 unspecified atom stereocenters. The van der Waals surface area contributed by atoms with Gasteiger partial charge in [0.2, 0.25) is 5.75 Å². The third-order valence-corrected chi connectivity index (χ3v) is 2.55. The van der Waals surface area contributed by atoms with Crippen molar-refractivity contribution < 1.29 is 24.6 Å². The second-order valence-corrected chi connectivity index (χ2v) is 3.88. The molecular weight excluding hydrogens is 275 g/mol. The first kappa shape index (κ1) is 15.6. The largest absolute Gasteiger partial charge is 0.502 e. The summed E-state index contributed by atoms with van der Waals surface area (Å²) in [6.45, 7) is -0.132. The van der Waals surface area contributed by atoms with Crippen LogP contribution >= 0.6 is 0 Å². The van der Waals surface area contributed by atoms with Crippen LogP contribution in [-0.4, -0.2) is 32.9 Å². The van der Waals surface area contributed by atoms with E-state index < -0.39 is 39.9 Å². The third-order valence-electron chi connectivity index (χ3n) is 2.55. The van der Waals surface area contributed by atoms with Crippen LogP contribution in [0, 0.1) is 15.9 Å². The molecular formula is C10H11FN4O5. The minimum atomic E-state index is -1.75. The maximum absolute atomic E-state index is 13.2. The molecule has 0 aliphatic carbocycles. The van der Waals surface area contributed by atoms with Gasteiger partial charge >= 0.3 is 5.69 Å². The number of rotatable bonds is 6. The molecule has 108 valence electrons. The SMILES string of the molecule is [N-]=[N+]=NCCC(O)C(O)c1cc(F)cc([N+](=O)[O-])c1O. The van der Waals surface area contributed by atoms with Crippen LogP contribution in [0.25, 0.3) is 10.4 Å². The predicted molar refractivity (Wildman–Crippen MR) is 64.3 cm³/mol. The molecule has 1 aromatic rings. The predicted octanol–water partition coefficient (Wildman–Crippen LogP) is 1.53. The summed E-state index contributed by atoms with van der Waals surface area (Å²) in [4.78, 5) is 12.0. The van der Waals surface area contributed by atoms with Crippen molar-refractivity contribution in [3.05, 3.63) is 44.1 Å². The second kappa shape index (κ2) is 6.66. The van der Waals surface area contributed by atoms with Crippen LogP contribution in [0.3, 0.4) is 0 Å². The van der Waals surface area contributed by atoms with Gasteiger partial charge in [0.15, 0.2) is 0 Å². The number of nitrogens with zero attached hydrogens (tertiary/aromatic N) is 4. The van der Waals surface area contributed by atoms with Gasteiger partial charge in [-0.15, -0.1) is 0 Å². The molecule has 1 rings (SSSR count). The Morgan fingerprint density at radius 3 is 2.70 bits per heavy atom. The first-order valence-electron chi connectivity index (χ1n) is 5.42. The fourth-order valence-electron chi connectivity index (χ4n) is 1.57. The molecule has 0 aliphatic heterocycles. The van der Waals surface area contributed by atoms with E-state index in [-0.39, 0.29) is 13.0 Å². The van der Waals surface area contributed by atoms with E-state index in [1.165, 1.54) is 0 Å². The summed E-state index contributed by atoms with van der Waals surface area (Å²) < 4.78 is 13.2. The maximum atomic E-state index is 13.2. The van der Waals surface area contributed by atoms with Crippen LogP contribution in [-0.2, 0) is 0 Å². The number of halogens is 1. The molecule has 0 radical (unpaired) electrons. The van der Waals surface area contributed by atoms with Crippen molar-refractivity contribution in [3.63, 3.8) is 0 Å². The van der Waals surface area contributed by atoms with E-state index >= 15 is 0 Å². The highest BCUT2D eigenvalue weighted by atomic mass is 19.1. The Hall–Kier alpha value is -2.42. The summed E-state index contributed by atoms with van der Waals surface area (Å²) in [5.74, 6) is -1.96. The van der Waals surface area contributed by atoms with Gasteiger partial charge in [-0.1, -0.05) is 5.11 Å². The molecule has 0 saturated carbocycles. The van der Waals surface area contributed by atoms with Gasteiger partial charge < -0.3 is 15.3 Å². The fourth-order valence-corrected chi connectivity index (χ4v) is 1.57. The molecule has 20 heavy (non-hydrogen) atoms. The quantitative estimate of drug-likeness (QED) is 0.238. The van der Waals surface area contributed by atoms with Crippen LogP contribution in [0.15, 0.2) is 17.2 Å². The Bertz CT molecular complexity index is 561. The average Bonchev–Trinajstić information content (AvgIpc) is 2.40. The van der Waals surface area contributed by atoms with Crippen LogP contribution < -0.4 is 0 Å². The monoisotopic (exact) mass is 286 g/mol. The van der Waals surface area contributed by atoms with Crippen molar-refractivity contribution in [2.75, 3.05) is 6.54 Å². The van der Waals surface area contributed by atoms with Gasteiger partial charge in [0.1, 0.15) is 11.9 Å². The Kier molecular flexibility index (Phi) is 5.21. The molecule has 0 amide bonds. The third kappa shape index (κ3) is 3.54. The number of hydrogen-bond donors (Lipinski definition) is 3. The van der Waals surface area contributed by atoms with Gasteiger partial charge in [0.25, 0.3) is 0 Å². The summed E-state index contributed by atoms with van der Waals surface area (Å²) in [5.41, 5.74) is 6.64. The Morgan fingerprint density at radius 2 is 2.15 bits per heavy atom. The first-order valence-corrected chi connectivity index (χ1v) is 5.42. The molecule has 3 N–H and O–H groups in total. The minimum Gasteiger partial charge on any atom is -0.502 e. The highest BCUT2D eigenvalue weighted by Gasteiger charge is 2.27. The number of nitro groups is 1. The van der Waals surface area contributed by atoms with Gasteiger partial charge in [-0.2, -0.15) is 0 Å². The Morgan fingerprint density at radius 1 is 1.50 bits per heavy atom. The van der Waals surface area contributed by atoms with Gasteiger partial charge in [0.05, 0.1) is 17.1 Å². The lowest BCUT2D eigenvalue weighted by molar-refractivity contribution is -0.386. The topological polar surface area (TPSA) is 153 Å². The number of phenolic OH excluding ortho intramolecular Hbond substituents is 1. The zero-order chi connectivity index (χ0) is 15.3. The van der Waals surface area contributed by atoms with E-state index in [0.717, 1.165) is 0 Å². The van der Waals surface area contributed by atoms with Crippen LogP contribution in [0.1, 0.15) is 18.1 Å². The Labute approximate surface area is 111 Å². The first-order chi connectivity index (χ1) is 9.38. The highest BCUT2D eigenvalue weighted by Crippen LogP contribution is 2.36. The number of aliphatic hydroxyl groups excluding tert-OH is 2. The van der Waals surface area contributed by atoms with Crippen molar-refractivity contribution in [1.29, 1.82) is 0 Å². The lowest BCUT2D eigenvalue weighted by Gasteiger charge is -2.18. The summed E-state index contributed by atoms with van der Waals surface area (Å²) in [6, 6.07) is 1.18. The van der Waals surface area contributed by atoms with Crippen molar-refractivity contribution in [2.45, 2.75) is 18.6 Å². The molecule has 0 spiro atoms. The lowest BCUT2D eigenvalue weighted by Crippen LogP contribution is -2.19. The van der Waals surface area contributed by atoms with Gasteiger partial charge in [0, 0.05) is 17.0 Å². The van der Waals surface area contributed by atoms with Gasteiger partial charge in [-0.25, -0.2) is 4.39 Å². The summed E-state index contributed by atoms with van der Waals surface area (Å²) in [5, 5.41) is 42.7. The molecule has 1 aromatic carbocycles. The number of azide groups is 1. The molecule has 2 atom stereocenters. The fraction of sp³-hybridized carbons (Fsp3) is 0.400. The smallest absolute Gasteiger partial charge is 0.314 e. The molecule has 0 aliphatic rings. The van der Waals surface area contributed by atoms with E-state index in [1.54, 1.807) is 0 Å². The number of benzene rings is 1.